The van der Waals surface area contributed by atoms with Crippen LogP contribution < -0.4 is 0 Å². The van der Waals surface area contributed by atoms with Crippen LogP contribution >= 0.6 is 0 Å². The molecule has 2 aliphatic heterocycles. The summed E-state index contributed by atoms with van der Waals surface area (Å²) in [5, 5.41) is 0. The molecule has 2 aliphatic rings. The van der Waals surface area contributed by atoms with Crippen molar-refractivity contribution in [3.05, 3.63) is 35.4 Å². The van der Waals surface area contributed by atoms with E-state index < -0.39 is 5.60 Å². The van der Waals surface area contributed by atoms with E-state index in [1.54, 1.807) is 17.0 Å². The second-order valence-corrected chi connectivity index (χ2v) is 7.99. The molecule has 0 N–H and O–H groups in total. The van der Waals surface area contributed by atoms with Gasteiger partial charge < -0.3 is 9.47 Å². The van der Waals surface area contributed by atoms with Crippen LogP contribution in [0.1, 0.15) is 49.5 Å². The molecule has 0 aromatic heterocycles. The number of carbonyl (C=O) groups is 2. The molecule has 3 rings (SSSR count). The van der Waals surface area contributed by atoms with E-state index in [1.165, 1.54) is 0 Å². The Balaban J connectivity index is 1.76. The number of fused-ring (bicyclic) bond motifs is 2. The molecule has 2 saturated heterocycles. The van der Waals surface area contributed by atoms with E-state index in [9.17, 15) is 9.59 Å². The zero-order valence-electron chi connectivity index (χ0n) is 15.5. The lowest BCUT2D eigenvalue weighted by Gasteiger charge is -2.47. The molecule has 2 bridgehead atoms. The first-order chi connectivity index (χ1) is 12.3. The number of hydrogen-bond donors (Lipinski definition) is 0. The first-order valence-corrected chi connectivity index (χ1v) is 8.98. The van der Waals surface area contributed by atoms with Crippen molar-refractivity contribution in [2.75, 3.05) is 13.2 Å². The van der Waals surface area contributed by atoms with Crippen molar-refractivity contribution in [2.24, 2.45) is 5.92 Å². The minimum atomic E-state index is -0.547. The largest absolute Gasteiger partial charge is 0.444 e. The molecule has 2 unspecified atom stereocenters. The van der Waals surface area contributed by atoms with Crippen molar-refractivity contribution in [1.82, 2.24) is 4.90 Å². The van der Waals surface area contributed by atoms with Crippen molar-refractivity contribution in [3.63, 3.8) is 0 Å². The molecular weight excluding hydrogens is 330 g/mol. The average molecular weight is 355 g/mol. The Bertz CT molecular complexity index is 729. The van der Waals surface area contributed by atoms with Crippen molar-refractivity contribution in [2.45, 2.75) is 51.3 Å². The normalized spacial score (nSPS) is 25.3. The van der Waals surface area contributed by atoms with Gasteiger partial charge in [0.1, 0.15) is 5.60 Å². The zero-order chi connectivity index (χ0) is 18.9. The number of piperidine rings is 1. The highest BCUT2D eigenvalue weighted by Crippen LogP contribution is 2.34. The highest BCUT2D eigenvalue weighted by Gasteiger charge is 2.45. The second kappa shape index (κ2) is 7.13. The summed E-state index contributed by atoms with van der Waals surface area (Å²) in [6.45, 7) is 6.43. The Hall–Kier alpha value is -2.32. The molecule has 5 heteroatoms. The maximum Gasteiger partial charge on any atom is 0.410 e. The van der Waals surface area contributed by atoms with Crippen molar-refractivity contribution < 1.29 is 19.1 Å². The Morgan fingerprint density at radius 3 is 2.46 bits per heavy atom. The van der Waals surface area contributed by atoms with Gasteiger partial charge in [0.05, 0.1) is 25.3 Å². The number of benzene rings is 1. The van der Waals surface area contributed by atoms with Crippen molar-refractivity contribution >= 4 is 11.9 Å². The number of nitrogens with zero attached hydrogens (tertiary/aromatic N) is 1. The third-order valence-corrected chi connectivity index (χ3v) is 4.81. The minimum Gasteiger partial charge on any atom is -0.444 e. The second-order valence-electron chi connectivity index (χ2n) is 7.99. The number of terminal acetylenes is 1. The van der Waals surface area contributed by atoms with Crippen LogP contribution in [0.5, 0.6) is 0 Å². The topological polar surface area (TPSA) is 55.8 Å². The molecule has 0 spiro atoms. The molecule has 1 aromatic carbocycles. The predicted molar refractivity (Wildman–Crippen MR) is 97.9 cm³/mol. The molecule has 2 atom stereocenters. The van der Waals surface area contributed by atoms with Crippen LogP contribution in [0.4, 0.5) is 4.79 Å². The number of ketones is 1. The summed E-state index contributed by atoms with van der Waals surface area (Å²) in [6, 6.07) is 6.90. The van der Waals surface area contributed by atoms with E-state index in [-0.39, 0.29) is 29.9 Å². The van der Waals surface area contributed by atoms with Crippen molar-refractivity contribution in [1.29, 1.82) is 0 Å². The molecule has 5 nitrogen and oxygen atoms in total. The van der Waals surface area contributed by atoms with E-state index in [0.29, 0.717) is 37.2 Å². The van der Waals surface area contributed by atoms with Gasteiger partial charge in [0.2, 0.25) is 0 Å². The number of Topliss-reactive ketones (excluding diaryl/α,β-unsaturated/α-hetero) is 1. The monoisotopic (exact) mass is 355 g/mol. The summed E-state index contributed by atoms with van der Waals surface area (Å²) < 4.78 is 11.2. The van der Waals surface area contributed by atoms with Gasteiger partial charge in [0.15, 0.2) is 5.78 Å². The first kappa shape index (κ1) is 18.5. The summed E-state index contributed by atoms with van der Waals surface area (Å²) in [7, 11) is 0. The summed E-state index contributed by atoms with van der Waals surface area (Å²) in [6.07, 6.45) is 6.27. The van der Waals surface area contributed by atoms with E-state index in [1.807, 2.05) is 32.9 Å². The SMILES string of the molecule is C#Cc1cccc(C(=O)C2CC3COCC(C2)N3C(=O)OC(C)(C)C)c1. The van der Waals surface area contributed by atoms with Crippen LogP contribution in [0.15, 0.2) is 24.3 Å². The number of hydrogen-bond acceptors (Lipinski definition) is 4. The zero-order valence-corrected chi connectivity index (χ0v) is 15.5. The Morgan fingerprint density at radius 2 is 1.88 bits per heavy atom. The third kappa shape index (κ3) is 3.91. The van der Waals surface area contributed by atoms with Crippen LogP contribution in [-0.4, -0.2) is 47.7 Å². The lowest BCUT2D eigenvalue weighted by atomic mass is 9.80. The molecule has 0 saturated carbocycles. The Kier molecular flexibility index (Phi) is 5.06. The van der Waals surface area contributed by atoms with E-state index in [2.05, 4.69) is 5.92 Å². The van der Waals surface area contributed by atoms with Gasteiger partial charge in [-0.2, -0.15) is 0 Å². The molecule has 0 radical (unpaired) electrons. The van der Waals surface area contributed by atoms with Gasteiger partial charge >= 0.3 is 6.09 Å². The average Bonchev–Trinajstić information content (AvgIpc) is 2.58. The number of carbonyl (C=O) groups excluding carboxylic acids is 2. The fraction of sp³-hybridized carbons (Fsp3) is 0.524. The third-order valence-electron chi connectivity index (χ3n) is 4.81. The van der Waals surface area contributed by atoms with Crippen LogP contribution in [-0.2, 0) is 9.47 Å². The number of rotatable bonds is 2. The number of ether oxygens (including phenoxy) is 2. The maximum absolute atomic E-state index is 13.0. The first-order valence-electron chi connectivity index (χ1n) is 8.98. The van der Waals surface area contributed by atoms with Gasteiger partial charge in [-0.05, 0) is 45.7 Å². The minimum absolute atomic E-state index is 0.0860. The Labute approximate surface area is 154 Å². The van der Waals surface area contributed by atoms with Gasteiger partial charge in [-0.15, -0.1) is 6.42 Å². The van der Waals surface area contributed by atoms with E-state index >= 15 is 0 Å². The smallest absolute Gasteiger partial charge is 0.410 e. The molecule has 2 fully saturated rings. The van der Waals surface area contributed by atoms with Gasteiger partial charge in [-0.25, -0.2) is 4.79 Å². The summed E-state index contributed by atoms with van der Waals surface area (Å²) in [4.78, 5) is 27.3. The highest BCUT2D eigenvalue weighted by atomic mass is 16.6. The van der Waals surface area contributed by atoms with Crippen LogP contribution in [0, 0.1) is 18.3 Å². The highest BCUT2D eigenvalue weighted by molar-refractivity contribution is 5.98. The van der Waals surface area contributed by atoms with Crippen molar-refractivity contribution in [3.8, 4) is 12.3 Å². The standard InChI is InChI=1S/C21H25NO4/c1-5-14-7-6-8-15(9-14)19(23)16-10-17-12-25-13-18(11-16)22(17)20(24)26-21(2,3)4/h1,6-9,16-18H,10-13H2,2-4H3. The summed E-state index contributed by atoms with van der Waals surface area (Å²) in [5.41, 5.74) is 0.787. The number of amides is 1. The lowest BCUT2D eigenvalue weighted by molar-refractivity contribution is -0.0861. The molecular formula is C21H25NO4. The van der Waals surface area contributed by atoms with Crippen LogP contribution in [0.3, 0.4) is 0 Å². The van der Waals surface area contributed by atoms with Gasteiger partial charge in [0.25, 0.3) is 0 Å². The maximum atomic E-state index is 13.0. The Morgan fingerprint density at radius 1 is 1.23 bits per heavy atom. The van der Waals surface area contributed by atoms with E-state index in [4.69, 9.17) is 15.9 Å². The fourth-order valence-electron chi connectivity index (χ4n) is 3.74. The molecule has 1 amide bonds. The lowest BCUT2D eigenvalue weighted by Crippen LogP contribution is -2.60. The van der Waals surface area contributed by atoms with Crippen LogP contribution in [0.2, 0.25) is 0 Å². The molecule has 2 heterocycles. The molecule has 0 aliphatic carbocycles. The summed E-state index contributed by atoms with van der Waals surface area (Å²) in [5.74, 6) is 2.51. The van der Waals surface area contributed by atoms with E-state index in [0.717, 1.165) is 0 Å². The van der Waals surface area contributed by atoms with Gasteiger partial charge in [0, 0.05) is 17.0 Å². The van der Waals surface area contributed by atoms with Crippen LogP contribution in [0.25, 0.3) is 0 Å². The summed E-state index contributed by atoms with van der Waals surface area (Å²) >= 11 is 0. The molecule has 138 valence electrons. The van der Waals surface area contributed by atoms with Gasteiger partial charge in [-0.1, -0.05) is 18.1 Å². The van der Waals surface area contributed by atoms with Gasteiger partial charge in [-0.3, -0.25) is 9.69 Å². The number of morpholine rings is 1. The predicted octanol–water partition coefficient (Wildman–Crippen LogP) is 3.27. The molecule has 26 heavy (non-hydrogen) atoms. The quantitative estimate of drug-likeness (QED) is 0.604. The fourth-order valence-corrected chi connectivity index (χ4v) is 3.74. The molecule has 1 aromatic rings.